The number of ether oxygens (including phenoxy) is 2. The first kappa shape index (κ1) is 74.7. The predicted molar refractivity (Wildman–Crippen MR) is 352 cm³/mol. The Morgan fingerprint density at radius 1 is 0.287 bits per heavy atom. The van der Waals surface area contributed by atoms with Gasteiger partial charge in [0.15, 0.2) is 6.10 Å². The van der Waals surface area contributed by atoms with Crippen LogP contribution in [0.4, 0.5) is 0 Å². The van der Waals surface area contributed by atoms with E-state index in [1.165, 1.54) is 83.5 Å². The van der Waals surface area contributed by atoms with Gasteiger partial charge in [-0.25, -0.2) is 0 Å². The van der Waals surface area contributed by atoms with Crippen molar-refractivity contribution in [1.82, 2.24) is 0 Å². The highest BCUT2D eigenvalue weighted by atomic mass is 16.6. The zero-order valence-electron chi connectivity index (χ0n) is 51.0. The van der Waals surface area contributed by atoms with Crippen LogP contribution >= 0.6 is 0 Å². The maximum Gasteiger partial charge on any atom is 0.306 e. The SMILES string of the molecule is CC/C=C\C/C=C\C/C=C\C/C=C\C/C=C\C/C=C\C/C=C\C/C=C\C/C=C\CCCC(=O)OC(CO)COC(=O)CCCCCCCCCCCCCCCCC/C=C\C/C=C\C/C=C\C/C=C\C/C=C\C/C=C\C/C=C\CC. The van der Waals surface area contributed by atoms with E-state index in [4.69, 9.17) is 9.47 Å². The lowest BCUT2D eigenvalue weighted by Crippen LogP contribution is -2.28. The molecule has 0 aromatic heterocycles. The molecule has 80 heavy (non-hydrogen) atoms. The first-order chi connectivity index (χ1) is 39.6. The van der Waals surface area contributed by atoms with Crippen molar-refractivity contribution in [3.05, 3.63) is 194 Å². The van der Waals surface area contributed by atoms with Gasteiger partial charge in [0.1, 0.15) is 6.61 Å². The molecule has 0 aliphatic heterocycles. The third-order valence-corrected chi connectivity index (χ3v) is 12.9. The van der Waals surface area contributed by atoms with E-state index in [9.17, 15) is 14.7 Å². The van der Waals surface area contributed by atoms with E-state index < -0.39 is 6.10 Å². The number of carbonyl (C=O) groups excluding carboxylic acids is 2. The van der Waals surface area contributed by atoms with Crippen LogP contribution in [0.2, 0.25) is 0 Å². The molecular weight excluding hydrogens is 981 g/mol. The molecule has 0 aromatic carbocycles. The summed E-state index contributed by atoms with van der Waals surface area (Å²) in [6.07, 6.45) is 109. The van der Waals surface area contributed by atoms with Crippen LogP contribution in [0.5, 0.6) is 0 Å². The Morgan fingerprint density at radius 2 is 0.512 bits per heavy atom. The second kappa shape index (κ2) is 68.0. The quantitative estimate of drug-likeness (QED) is 0.0373. The van der Waals surface area contributed by atoms with Crippen molar-refractivity contribution in [2.24, 2.45) is 0 Å². The van der Waals surface area contributed by atoms with Crippen LogP contribution in [0.3, 0.4) is 0 Å². The van der Waals surface area contributed by atoms with E-state index in [-0.39, 0.29) is 31.6 Å². The van der Waals surface area contributed by atoms with Gasteiger partial charge >= 0.3 is 11.9 Å². The van der Waals surface area contributed by atoms with Gasteiger partial charge in [0, 0.05) is 12.8 Å². The summed E-state index contributed by atoms with van der Waals surface area (Å²) in [5.41, 5.74) is 0. The Balaban J connectivity index is 3.62. The van der Waals surface area contributed by atoms with Gasteiger partial charge in [0.25, 0.3) is 0 Å². The minimum Gasteiger partial charge on any atom is -0.462 e. The number of unbranched alkanes of at least 4 members (excludes halogenated alkanes) is 16. The largest absolute Gasteiger partial charge is 0.462 e. The maximum absolute atomic E-state index is 12.3. The highest BCUT2D eigenvalue weighted by Crippen LogP contribution is 2.15. The van der Waals surface area contributed by atoms with E-state index in [1.807, 2.05) is 0 Å². The molecule has 0 aromatic rings. The van der Waals surface area contributed by atoms with Crippen LogP contribution in [0.1, 0.15) is 245 Å². The highest BCUT2D eigenvalue weighted by Gasteiger charge is 2.16. The Bertz CT molecular complexity index is 1870. The minimum absolute atomic E-state index is 0.101. The molecule has 5 heteroatoms. The number of allylic oxidation sites excluding steroid dienone is 32. The second-order valence-corrected chi connectivity index (χ2v) is 20.4. The first-order valence-corrected chi connectivity index (χ1v) is 32.0. The average Bonchev–Trinajstić information content (AvgIpc) is 3.46. The van der Waals surface area contributed by atoms with E-state index in [1.54, 1.807) is 0 Å². The van der Waals surface area contributed by atoms with Crippen LogP contribution in [-0.4, -0.2) is 36.4 Å². The fourth-order valence-electron chi connectivity index (χ4n) is 8.18. The van der Waals surface area contributed by atoms with E-state index in [0.29, 0.717) is 12.8 Å². The monoisotopic (exact) mass is 1100 g/mol. The van der Waals surface area contributed by atoms with E-state index in [2.05, 4.69) is 208 Å². The van der Waals surface area contributed by atoms with Crippen LogP contribution in [0.25, 0.3) is 0 Å². The summed E-state index contributed by atoms with van der Waals surface area (Å²) in [6.45, 7) is 3.86. The minimum atomic E-state index is -0.819. The predicted octanol–water partition coefficient (Wildman–Crippen LogP) is 22.4. The highest BCUT2D eigenvalue weighted by molar-refractivity contribution is 5.70. The molecule has 0 radical (unpaired) electrons. The normalized spacial score (nSPS) is 13.6. The molecule has 0 heterocycles. The van der Waals surface area contributed by atoms with Crippen LogP contribution < -0.4 is 0 Å². The van der Waals surface area contributed by atoms with Gasteiger partial charge in [-0.05, 0) is 135 Å². The van der Waals surface area contributed by atoms with Gasteiger partial charge in [-0.2, -0.15) is 0 Å². The number of aliphatic hydroxyl groups excluding tert-OH is 1. The molecule has 0 rings (SSSR count). The van der Waals surface area contributed by atoms with Gasteiger partial charge in [0.2, 0.25) is 0 Å². The fourth-order valence-corrected chi connectivity index (χ4v) is 8.18. The summed E-state index contributed by atoms with van der Waals surface area (Å²) in [6, 6.07) is 0. The van der Waals surface area contributed by atoms with E-state index in [0.717, 1.165) is 128 Å². The summed E-state index contributed by atoms with van der Waals surface area (Å²) >= 11 is 0. The number of hydrogen-bond donors (Lipinski definition) is 1. The molecule has 446 valence electrons. The van der Waals surface area contributed by atoms with Gasteiger partial charge in [-0.15, -0.1) is 0 Å². The zero-order chi connectivity index (χ0) is 57.6. The van der Waals surface area contributed by atoms with Crippen molar-refractivity contribution < 1.29 is 24.2 Å². The molecule has 1 atom stereocenters. The summed E-state index contributed by atoms with van der Waals surface area (Å²) in [7, 11) is 0. The van der Waals surface area contributed by atoms with Crippen LogP contribution in [0, 0.1) is 0 Å². The Hall–Kier alpha value is -5.26. The van der Waals surface area contributed by atoms with Gasteiger partial charge < -0.3 is 14.6 Å². The summed E-state index contributed by atoms with van der Waals surface area (Å²) < 4.78 is 10.7. The van der Waals surface area contributed by atoms with Crippen molar-refractivity contribution in [3.8, 4) is 0 Å². The van der Waals surface area contributed by atoms with Gasteiger partial charge in [0.05, 0.1) is 6.61 Å². The molecule has 0 bridgehead atoms. The molecule has 0 saturated carbocycles. The Labute approximate surface area is 492 Å². The summed E-state index contributed by atoms with van der Waals surface area (Å²) in [4.78, 5) is 24.6. The molecule has 1 N–H and O–H groups in total. The summed E-state index contributed by atoms with van der Waals surface area (Å²) in [5, 5.41) is 9.67. The molecule has 0 spiro atoms. The van der Waals surface area contributed by atoms with Crippen LogP contribution in [-0.2, 0) is 19.1 Å². The molecule has 0 saturated heterocycles. The topological polar surface area (TPSA) is 72.8 Å². The van der Waals surface area contributed by atoms with Crippen molar-refractivity contribution in [1.29, 1.82) is 0 Å². The molecule has 5 nitrogen and oxygen atoms in total. The smallest absolute Gasteiger partial charge is 0.306 e. The van der Waals surface area contributed by atoms with Crippen molar-refractivity contribution in [2.45, 2.75) is 251 Å². The van der Waals surface area contributed by atoms with Crippen molar-refractivity contribution in [2.75, 3.05) is 13.2 Å². The van der Waals surface area contributed by atoms with Crippen molar-refractivity contribution >= 4 is 11.9 Å². The molecule has 0 amide bonds. The fraction of sp³-hybridized carbons (Fsp3) is 0.547. The van der Waals surface area contributed by atoms with Gasteiger partial charge in [-0.1, -0.05) is 292 Å². The maximum atomic E-state index is 12.3. The number of esters is 2. The third kappa shape index (κ3) is 65.3. The number of rotatable bonds is 56. The molecule has 0 aliphatic rings. The second-order valence-electron chi connectivity index (χ2n) is 20.4. The Morgan fingerprint density at radius 3 is 0.787 bits per heavy atom. The lowest BCUT2D eigenvalue weighted by Gasteiger charge is -2.15. The number of hydrogen-bond acceptors (Lipinski definition) is 5. The van der Waals surface area contributed by atoms with Gasteiger partial charge in [-0.3, -0.25) is 9.59 Å². The average molecular weight is 1100 g/mol. The number of aliphatic hydroxyl groups is 1. The number of carbonyl (C=O) groups is 2. The molecular formula is C75H116O5. The molecule has 0 fully saturated rings. The lowest BCUT2D eigenvalue weighted by atomic mass is 10.0. The van der Waals surface area contributed by atoms with Crippen molar-refractivity contribution in [3.63, 3.8) is 0 Å². The summed E-state index contributed by atoms with van der Waals surface area (Å²) in [5.74, 6) is -0.671. The third-order valence-electron chi connectivity index (χ3n) is 12.9. The van der Waals surface area contributed by atoms with Crippen LogP contribution in [0.15, 0.2) is 194 Å². The Kier molecular flexibility index (Phi) is 63.5. The lowest BCUT2D eigenvalue weighted by molar-refractivity contribution is -0.161. The van der Waals surface area contributed by atoms with E-state index >= 15 is 0 Å². The standard InChI is InChI=1S/C75H116O5/c1-3-5-7-9-11-13-15-17-19-21-23-25-27-29-31-33-34-35-36-37-38-39-40-42-43-45-47-49-51-53-55-57-59-61-63-65-67-69-74(77)79-72-73(71-76)80-75(78)70-68-66-64-62-60-58-56-54-52-50-48-46-44-41-32-30-28-26-24-22-20-18-16-14-12-10-8-6-4-2/h5-8,11-14,17-20,23-26,29-32,34-35,37-38,44,46,50,52,56,58,62,64,73,76H,3-4,9-10,15-16,21-22,27-28,33,36,39-43,45,47-49,51,53-55,57,59-61,63,65-72H2,1-2H3/b7-5-,8-6-,13-11-,14-12-,19-17-,20-18-,25-23-,26-24-,31-29-,32-30-,35-34-,38-37-,46-44-,52-50-,58-56-,64-62-. The molecule has 1 unspecified atom stereocenters. The first-order valence-electron chi connectivity index (χ1n) is 32.0. The zero-order valence-corrected chi connectivity index (χ0v) is 51.0. The molecule has 0 aliphatic carbocycles.